The Bertz CT molecular complexity index is 718. The lowest BCUT2D eigenvalue weighted by atomic mass is 9.94. The molecule has 0 spiro atoms. The Hall–Kier alpha value is -2.64. The molecule has 0 radical (unpaired) electrons. The Morgan fingerprint density at radius 1 is 1.40 bits per heavy atom. The lowest BCUT2D eigenvalue weighted by Crippen LogP contribution is -2.30. The van der Waals surface area contributed by atoms with Crippen LogP contribution in [0.15, 0.2) is 30.7 Å². The van der Waals surface area contributed by atoms with Crippen molar-refractivity contribution in [1.29, 1.82) is 0 Å². The van der Waals surface area contributed by atoms with E-state index in [1.54, 1.807) is 12.5 Å². The van der Waals surface area contributed by atoms with Gasteiger partial charge in [0, 0.05) is 19.2 Å². The highest BCUT2D eigenvalue weighted by Gasteiger charge is 2.14. The van der Waals surface area contributed by atoms with E-state index >= 15 is 0 Å². The van der Waals surface area contributed by atoms with Gasteiger partial charge in [-0.15, -0.1) is 10.2 Å². The minimum atomic E-state index is -0.267. The number of nitrogens with zero attached hydrogens (tertiary/aromatic N) is 5. The standard InChI is InChI=1S/C17H25N7O/c1-2-10-23-13-19-22-16(23)11-18-17(25)21-15-8-9-20-24(15)12-14-6-4-3-5-7-14/h3-4,8-9,13-14H,2,5-7,10-12H2,1H3,(H2,18,21,25). The van der Waals surface area contributed by atoms with Gasteiger partial charge in [0.1, 0.15) is 12.1 Å². The Balaban J connectivity index is 1.52. The zero-order valence-corrected chi connectivity index (χ0v) is 14.6. The van der Waals surface area contributed by atoms with Crippen molar-refractivity contribution in [2.24, 2.45) is 5.92 Å². The molecular weight excluding hydrogens is 318 g/mol. The molecule has 0 bridgehead atoms. The highest BCUT2D eigenvalue weighted by molar-refractivity contribution is 5.88. The van der Waals surface area contributed by atoms with Gasteiger partial charge in [-0.1, -0.05) is 19.1 Å². The van der Waals surface area contributed by atoms with Gasteiger partial charge in [0.05, 0.1) is 12.7 Å². The van der Waals surface area contributed by atoms with Gasteiger partial charge >= 0.3 is 6.03 Å². The number of carbonyl (C=O) groups excluding carboxylic acids is 1. The maximum atomic E-state index is 12.2. The third-order valence-electron chi connectivity index (χ3n) is 4.33. The first kappa shape index (κ1) is 17.2. The summed E-state index contributed by atoms with van der Waals surface area (Å²) in [6, 6.07) is 1.55. The van der Waals surface area contributed by atoms with Crippen LogP contribution in [0.2, 0.25) is 0 Å². The molecule has 2 N–H and O–H groups in total. The fourth-order valence-corrected chi connectivity index (χ4v) is 3.01. The van der Waals surface area contributed by atoms with Gasteiger partial charge in [-0.3, -0.25) is 5.32 Å². The molecule has 2 aromatic rings. The van der Waals surface area contributed by atoms with E-state index in [1.807, 2.05) is 15.3 Å². The van der Waals surface area contributed by atoms with Crippen LogP contribution in [-0.2, 0) is 19.6 Å². The van der Waals surface area contributed by atoms with E-state index in [9.17, 15) is 4.79 Å². The number of amides is 2. The SMILES string of the molecule is CCCn1cnnc1CNC(=O)Nc1ccnn1CC1CC=CCC1. The average Bonchev–Trinajstić information content (AvgIpc) is 3.24. The van der Waals surface area contributed by atoms with Crippen molar-refractivity contribution >= 4 is 11.8 Å². The first-order chi connectivity index (χ1) is 12.3. The van der Waals surface area contributed by atoms with Gasteiger partial charge in [-0.25, -0.2) is 9.48 Å². The van der Waals surface area contributed by atoms with Crippen LogP contribution in [0.5, 0.6) is 0 Å². The van der Waals surface area contributed by atoms with Crippen molar-refractivity contribution in [2.45, 2.75) is 52.2 Å². The van der Waals surface area contributed by atoms with E-state index in [4.69, 9.17) is 0 Å². The average molecular weight is 343 g/mol. The number of hydrogen-bond acceptors (Lipinski definition) is 4. The van der Waals surface area contributed by atoms with Crippen LogP contribution in [0.4, 0.5) is 10.6 Å². The summed E-state index contributed by atoms with van der Waals surface area (Å²) in [5, 5.41) is 18.0. The van der Waals surface area contributed by atoms with Crippen LogP contribution in [-0.4, -0.2) is 30.6 Å². The van der Waals surface area contributed by atoms with Gasteiger partial charge in [0.2, 0.25) is 0 Å². The molecule has 0 saturated heterocycles. The number of aryl methyl sites for hydroxylation is 1. The predicted octanol–water partition coefficient (Wildman–Crippen LogP) is 2.56. The van der Waals surface area contributed by atoms with E-state index in [1.165, 1.54) is 0 Å². The number of nitrogens with one attached hydrogen (secondary N) is 2. The molecular formula is C17H25N7O. The second kappa shape index (κ2) is 8.46. The molecule has 134 valence electrons. The highest BCUT2D eigenvalue weighted by atomic mass is 16.2. The third-order valence-corrected chi connectivity index (χ3v) is 4.33. The second-order valence-corrected chi connectivity index (χ2v) is 6.30. The number of aromatic nitrogens is 5. The van der Waals surface area contributed by atoms with Crippen molar-refractivity contribution in [3.63, 3.8) is 0 Å². The van der Waals surface area contributed by atoms with E-state index < -0.39 is 0 Å². The van der Waals surface area contributed by atoms with Crippen LogP contribution in [0.1, 0.15) is 38.4 Å². The number of carbonyl (C=O) groups is 1. The number of rotatable bonds is 7. The summed E-state index contributed by atoms with van der Waals surface area (Å²) in [5.41, 5.74) is 0. The van der Waals surface area contributed by atoms with Crippen LogP contribution in [0.3, 0.4) is 0 Å². The van der Waals surface area contributed by atoms with Gasteiger partial charge in [0.15, 0.2) is 5.82 Å². The van der Waals surface area contributed by atoms with Crippen molar-refractivity contribution in [2.75, 3.05) is 5.32 Å². The Labute approximate surface area is 147 Å². The number of urea groups is 1. The largest absolute Gasteiger partial charge is 0.331 e. The molecule has 3 rings (SSSR count). The van der Waals surface area contributed by atoms with Crippen LogP contribution in [0, 0.1) is 5.92 Å². The highest BCUT2D eigenvalue weighted by Crippen LogP contribution is 2.21. The summed E-state index contributed by atoms with van der Waals surface area (Å²) in [4.78, 5) is 12.2. The lowest BCUT2D eigenvalue weighted by molar-refractivity contribution is 0.251. The fraction of sp³-hybridized carbons (Fsp3) is 0.529. The van der Waals surface area contributed by atoms with Crippen LogP contribution in [0.25, 0.3) is 0 Å². The minimum Gasteiger partial charge on any atom is -0.331 e. The zero-order chi connectivity index (χ0) is 17.5. The number of anilines is 1. The summed E-state index contributed by atoms with van der Waals surface area (Å²) in [5.74, 6) is 2.03. The summed E-state index contributed by atoms with van der Waals surface area (Å²) < 4.78 is 3.81. The number of allylic oxidation sites excluding steroid dienone is 2. The van der Waals surface area contributed by atoms with Gasteiger partial charge in [0.25, 0.3) is 0 Å². The van der Waals surface area contributed by atoms with Crippen molar-refractivity contribution < 1.29 is 4.79 Å². The van der Waals surface area contributed by atoms with E-state index in [-0.39, 0.29) is 6.03 Å². The zero-order valence-electron chi connectivity index (χ0n) is 14.6. The summed E-state index contributed by atoms with van der Waals surface area (Å²) >= 11 is 0. The van der Waals surface area contributed by atoms with E-state index in [2.05, 4.69) is 45.0 Å². The molecule has 8 heteroatoms. The van der Waals surface area contributed by atoms with Crippen molar-refractivity contribution in [3.05, 3.63) is 36.6 Å². The first-order valence-electron chi connectivity index (χ1n) is 8.84. The van der Waals surface area contributed by atoms with Gasteiger partial charge in [-0.2, -0.15) is 5.10 Å². The van der Waals surface area contributed by atoms with Gasteiger partial charge < -0.3 is 9.88 Å². The molecule has 1 aliphatic rings. The van der Waals surface area contributed by atoms with E-state index in [0.29, 0.717) is 18.3 Å². The summed E-state index contributed by atoms with van der Waals surface area (Å²) in [7, 11) is 0. The van der Waals surface area contributed by atoms with Crippen molar-refractivity contribution in [3.8, 4) is 0 Å². The molecule has 1 atom stereocenters. The molecule has 2 aromatic heterocycles. The molecule has 2 amide bonds. The van der Waals surface area contributed by atoms with Crippen molar-refractivity contribution in [1.82, 2.24) is 29.9 Å². The molecule has 1 unspecified atom stereocenters. The molecule has 0 fully saturated rings. The maximum Gasteiger partial charge on any atom is 0.320 e. The molecule has 2 heterocycles. The van der Waals surface area contributed by atoms with Gasteiger partial charge in [-0.05, 0) is 31.6 Å². The molecule has 25 heavy (non-hydrogen) atoms. The maximum absolute atomic E-state index is 12.2. The Morgan fingerprint density at radius 3 is 3.12 bits per heavy atom. The van der Waals surface area contributed by atoms with E-state index in [0.717, 1.165) is 44.6 Å². The quantitative estimate of drug-likeness (QED) is 0.756. The Kier molecular flexibility index (Phi) is 5.81. The third kappa shape index (κ3) is 4.68. The second-order valence-electron chi connectivity index (χ2n) is 6.30. The minimum absolute atomic E-state index is 0.267. The molecule has 8 nitrogen and oxygen atoms in total. The van der Waals surface area contributed by atoms with Crippen LogP contribution < -0.4 is 10.6 Å². The topological polar surface area (TPSA) is 89.7 Å². The molecule has 0 aliphatic heterocycles. The summed E-state index contributed by atoms with van der Waals surface area (Å²) in [6.45, 7) is 4.09. The monoisotopic (exact) mass is 343 g/mol. The Morgan fingerprint density at radius 2 is 2.32 bits per heavy atom. The summed E-state index contributed by atoms with van der Waals surface area (Å²) in [6.07, 6.45) is 12.2. The van der Waals surface area contributed by atoms with Crippen LogP contribution >= 0.6 is 0 Å². The lowest BCUT2D eigenvalue weighted by Gasteiger charge is -2.19. The fourth-order valence-electron chi connectivity index (χ4n) is 3.01. The number of hydrogen-bond donors (Lipinski definition) is 2. The smallest absolute Gasteiger partial charge is 0.320 e. The first-order valence-corrected chi connectivity index (χ1v) is 8.84. The molecule has 1 aliphatic carbocycles. The normalized spacial score (nSPS) is 16.8. The molecule has 0 saturated carbocycles. The predicted molar refractivity (Wildman–Crippen MR) is 94.9 cm³/mol. The molecule has 0 aromatic carbocycles.